The molecule has 0 atom stereocenters. The van der Waals surface area contributed by atoms with Crippen molar-refractivity contribution in [3.05, 3.63) is 54.5 Å². The lowest BCUT2D eigenvalue weighted by Gasteiger charge is -2.10. The molecule has 0 radical (unpaired) electrons. The summed E-state index contributed by atoms with van der Waals surface area (Å²) in [5.74, 6) is 0.544. The van der Waals surface area contributed by atoms with Gasteiger partial charge < -0.3 is 14.5 Å². The Morgan fingerprint density at radius 2 is 1.89 bits per heavy atom. The molecule has 2 aromatic carbocycles. The number of hydrogen-bond donors (Lipinski definition) is 1. The topological polar surface area (TPSA) is 81.4 Å². The summed E-state index contributed by atoms with van der Waals surface area (Å²) in [4.78, 5) is 4.30. The van der Waals surface area contributed by atoms with E-state index >= 15 is 0 Å². The fourth-order valence-electron chi connectivity index (χ4n) is 2.34. The van der Waals surface area contributed by atoms with Crippen LogP contribution >= 0.6 is 12.4 Å². The molecule has 3 rings (SSSR count). The molecule has 3 aromatic rings. The van der Waals surface area contributed by atoms with Gasteiger partial charge in [-0.1, -0.05) is 6.92 Å². The van der Waals surface area contributed by atoms with E-state index in [-0.39, 0.29) is 34.9 Å². The lowest BCUT2D eigenvalue weighted by atomic mass is 10.2. The summed E-state index contributed by atoms with van der Waals surface area (Å²) in [6, 6.07) is 10.5. The van der Waals surface area contributed by atoms with Crippen LogP contribution in [-0.2, 0) is 9.84 Å². The number of halogens is 2. The van der Waals surface area contributed by atoms with Crippen molar-refractivity contribution in [3.8, 4) is 17.1 Å². The van der Waals surface area contributed by atoms with Crippen LogP contribution < -0.4 is 10.1 Å². The van der Waals surface area contributed by atoms with E-state index in [9.17, 15) is 12.8 Å². The normalized spacial score (nSPS) is 10.9. The molecule has 0 amide bonds. The Kier molecular flexibility index (Phi) is 6.45. The first kappa shape index (κ1) is 20.7. The Morgan fingerprint density at radius 3 is 2.52 bits per heavy atom. The minimum Gasteiger partial charge on any atom is -0.495 e. The van der Waals surface area contributed by atoms with E-state index in [1.54, 1.807) is 25.1 Å². The lowest BCUT2D eigenvalue weighted by molar-refractivity contribution is 0.416. The van der Waals surface area contributed by atoms with E-state index in [2.05, 4.69) is 10.3 Å². The largest absolute Gasteiger partial charge is 0.495 e. The number of anilines is 2. The average Bonchev–Trinajstić information content (AvgIpc) is 3.10. The number of oxazole rings is 1. The van der Waals surface area contributed by atoms with Crippen LogP contribution in [0.5, 0.6) is 5.75 Å². The van der Waals surface area contributed by atoms with Gasteiger partial charge in [-0.25, -0.2) is 17.8 Å². The Hall–Kier alpha value is -2.58. The smallest absolute Gasteiger partial charge is 0.299 e. The van der Waals surface area contributed by atoms with E-state index in [1.165, 1.54) is 37.6 Å². The van der Waals surface area contributed by atoms with E-state index in [0.29, 0.717) is 22.8 Å². The molecule has 0 spiro atoms. The van der Waals surface area contributed by atoms with E-state index in [4.69, 9.17) is 9.15 Å². The number of nitrogens with zero attached hydrogens (tertiary/aromatic N) is 1. The highest BCUT2D eigenvalue weighted by Gasteiger charge is 2.16. The van der Waals surface area contributed by atoms with Gasteiger partial charge in [-0.3, -0.25) is 0 Å². The number of nitrogens with one attached hydrogen (secondary N) is 1. The molecule has 9 heteroatoms. The highest BCUT2D eigenvalue weighted by Crippen LogP contribution is 2.32. The zero-order valence-electron chi connectivity index (χ0n) is 14.6. The second-order valence-corrected chi connectivity index (χ2v) is 7.71. The van der Waals surface area contributed by atoms with Gasteiger partial charge in [-0.2, -0.15) is 0 Å². The SMILES string of the molecule is CCS(=O)(=O)c1ccc(OC)c(Nc2ncc(-c3ccc(F)cc3)o2)c1.Cl. The van der Waals surface area contributed by atoms with Crippen LogP contribution in [0.15, 0.2) is 58.0 Å². The molecule has 0 aliphatic rings. The van der Waals surface area contributed by atoms with Gasteiger partial charge in [0.05, 0.1) is 29.6 Å². The third-order valence-electron chi connectivity index (χ3n) is 3.79. The second-order valence-electron chi connectivity index (χ2n) is 5.43. The molecule has 1 aromatic heterocycles. The fourth-order valence-corrected chi connectivity index (χ4v) is 3.25. The van der Waals surface area contributed by atoms with Crippen molar-refractivity contribution in [2.45, 2.75) is 11.8 Å². The number of benzene rings is 2. The van der Waals surface area contributed by atoms with Gasteiger partial charge in [-0.05, 0) is 42.5 Å². The maximum absolute atomic E-state index is 13.0. The molecular weight excluding hydrogens is 395 g/mol. The van der Waals surface area contributed by atoms with E-state index in [1.807, 2.05) is 0 Å². The van der Waals surface area contributed by atoms with Crippen LogP contribution in [0.25, 0.3) is 11.3 Å². The molecule has 0 saturated carbocycles. The second kappa shape index (κ2) is 8.41. The standard InChI is InChI=1S/C18H17FN2O4S.ClH/c1-3-26(22,23)14-8-9-16(24-2)15(10-14)21-18-20-11-17(25-18)12-4-6-13(19)7-5-12;/h4-11H,3H2,1-2H3,(H,20,21);1H. The Balaban J connectivity index is 0.00000261. The number of sulfone groups is 1. The number of rotatable bonds is 6. The molecule has 0 fully saturated rings. The first-order valence-electron chi connectivity index (χ1n) is 7.82. The third-order valence-corrected chi connectivity index (χ3v) is 5.52. The maximum Gasteiger partial charge on any atom is 0.299 e. The van der Waals surface area contributed by atoms with Crippen LogP contribution in [-0.4, -0.2) is 26.3 Å². The average molecular weight is 413 g/mol. The molecule has 27 heavy (non-hydrogen) atoms. The van der Waals surface area contributed by atoms with Crippen molar-refractivity contribution < 1.29 is 22.0 Å². The quantitative estimate of drug-likeness (QED) is 0.644. The van der Waals surface area contributed by atoms with Gasteiger partial charge in [-0.15, -0.1) is 12.4 Å². The maximum atomic E-state index is 13.0. The predicted octanol–water partition coefficient (Wildman–Crippen LogP) is 4.45. The van der Waals surface area contributed by atoms with Crippen molar-refractivity contribution in [3.63, 3.8) is 0 Å². The van der Waals surface area contributed by atoms with Crippen molar-refractivity contribution in [1.29, 1.82) is 0 Å². The molecule has 0 saturated heterocycles. The van der Waals surface area contributed by atoms with Crippen LogP contribution in [0.3, 0.4) is 0 Å². The zero-order chi connectivity index (χ0) is 18.7. The number of hydrogen-bond acceptors (Lipinski definition) is 6. The monoisotopic (exact) mass is 412 g/mol. The summed E-state index contributed by atoms with van der Waals surface area (Å²) in [5.41, 5.74) is 1.08. The molecule has 0 bridgehead atoms. The summed E-state index contributed by atoms with van der Waals surface area (Å²) in [7, 11) is -1.88. The minimum atomic E-state index is -3.36. The van der Waals surface area contributed by atoms with Crippen LogP contribution in [0, 0.1) is 5.82 Å². The first-order chi connectivity index (χ1) is 12.4. The summed E-state index contributed by atoms with van der Waals surface area (Å²) in [5, 5.41) is 2.92. The molecule has 1 heterocycles. The van der Waals surface area contributed by atoms with Crippen LogP contribution in [0.1, 0.15) is 6.92 Å². The fraction of sp³-hybridized carbons (Fsp3) is 0.167. The summed E-state index contributed by atoms with van der Waals surface area (Å²) >= 11 is 0. The number of methoxy groups -OCH3 is 1. The van der Waals surface area contributed by atoms with Crippen molar-refractivity contribution >= 4 is 33.9 Å². The van der Waals surface area contributed by atoms with Gasteiger partial charge in [0.2, 0.25) is 0 Å². The highest BCUT2D eigenvalue weighted by atomic mass is 35.5. The van der Waals surface area contributed by atoms with Gasteiger partial charge in [0.1, 0.15) is 11.6 Å². The molecule has 0 aliphatic carbocycles. The number of aromatic nitrogens is 1. The predicted molar refractivity (Wildman–Crippen MR) is 103 cm³/mol. The lowest BCUT2D eigenvalue weighted by Crippen LogP contribution is -2.05. The molecule has 1 N–H and O–H groups in total. The van der Waals surface area contributed by atoms with Crippen molar-refractivity contribution in [2.75, 3.05) is 18.2 Å². The van der Waals surface area contributed by atoms with Crippen LogP contribution in [0.2, 0.25) is 0 Å². The first-order valence-corrected chi connectivity index (χ1v) is 9.47. The molecule has 6 nitrogen and oxygen atoms in total. The van der Waals surface area contributed by atoms with Gasteiger partial charge in [0, 0.05) is 5.56 Å². The van der Waals surface area contributed by atoms with Gasteiger partial charge >= 0.3 is 0 Å². The van der Waals surface area contributed by atoms with Gasteiger partial charge in [0.25, 0.3) is 6.01 Å². The molecule has 144 valence electrons. The minimum absolute atomic E-state index is 0. The Labute approximate surface area is 162 Å². The van der Waals surface area contributed by atoms with Crippen LogP contribution in [0.4, 0.5) is 16.1 Å². The van der Waals surface area contributed by atoms with Crippen molar-refractivity contribution in [2.24, 2.45) is 0 Å². The van der Waals surface area contributed by atoms with E-state index < -0.39 is 9.84 Å². The summed E-state index contributed by atoms with van der Waals surface area (Å²) < 4.78 is 48.1. The number of ether oxygens (including phenoxy) is 1. The highest BCUT2D eigenvalue weighted by molar-refractivity contribution is 7.91. The Morgan fingerprint density at radius 1 is 1.19 bits per heavy atom. The van der Waals surface area contributed by atoms with Crippen molar-refractivity contribution in [1.82, 2.24) is 4.98 Å². The van der Waals surface area contributed by atoms with Gasteiger partial charge in [0.15, 0.2) is 15.6 Å². The molecule has 0 unspecified atom stereocenters. The Bertz CT molecular complexity index is 1020. The third kappa shape index (κ3) is 4.58. The summed E-state index contributed by atoms with van der Waals surface area (Å²) in [6.45, 7) is 1.58. The summed E-state index contributed by atoms with van der Waals surface area (Å²) in [6.07, 6.45) is 1.49. The zero-order valence-corrected chi connectivity index (χ0v) is 16.2. The molecule has 0 aliphatic heterocycles. The molecular formula is C18H18ClFN2O4S. The van der Waals surface area contributed by atoms with E-state index in [0.717, 1.165) is 0 Å².